The maximum absolute atomic E-state index is 11.3. The fourth-order valence-corrected chi connectivity index (χ4v) is 1.38. The number of aromatic amines is 1. The molecule has 0 spiro atoms. The van der Waals surface area contributed by atoms with Crippen molar-refractivity contribution in [2.24, 2.45) is 0 Å². The van der Waals surface area contributed by atoms with E-state index >= 15 is 0 Å². The summed E-state index contributed by atoms with van der Waals surface area (Å²) in [4.78, 5) is 28.3. The molecular weight excluding hydrogens is 236 g/mol. The summed E-state index contributed by atoms with van der Waals surface area (Å²) in [5, 5.41) is 11.6. The molecule has 0 saturated heterocycles. The molecule has 0 aliphatic carbocycles. The lowest BCUT2D eigenvalue weighted by Gasteiger charge is -2.07. The third-order valence-electron chi connectivity index (χ3n) is 2.26. The number of aromatic nitrogens is 2. The molecule has 0 unspecified atom stereocenters. The molecule has 0 bridgehead atoms. The molecule has 0 amide bonds. The van der Waals surface area contributed by atoms with Crippen molar-refractivity contribution in [1.82, 2.24) is 9.97 Å². The summed E-state index contributed by atoms with van der Waals surface area (Å²) in [6, 6.07) is 6.11. The zero-order valence-corrected chi connectivity index (χ0v) is 9.18. The number of benzene rings is 1. The van der Waals surface area contributed by atoms with Crippen molar-refractivity contribution in [3.63, 3.8) is 0 Å². The van der Waals surface area contributed by atoms with Gasteiger partial charge in [-0.15, -0.1) is 0 Å². The Hall–Kier alpha value is -2.83. The minimum atomic E-state index is -1.04. The van der Waals surface area contributed by atoms with E-state index in [1.807, 2.05) is 0 Å². The van der Waals surface area contributed by atoms with Crippen LogP contribution in [0.5, 0.6) is 0 Å². The van der Waals surface area contributed by atoms with Crippen LogP contribution in [0.1, 0.15) is 10.4 Å². The largest absolute Gasteiger partial charge is 0.478 e. The topological polar surface area (TPSA) is 121 Å². The minimum absolute atomic E-state index is 0.0572. The number of H-pyrrole nitrogens is 1. The van der Waals surface area contributed by atoms with Gasteiger partial charge in [0.2, 0.25) is 0 Å². The average Bonchev–Trinajstić information content (AvgIpc) is 2.35. The first-order valence-corrected chi connectivity index (χ1v) is 5.01. The Morgan fingerprint density at radius 3 is 2.94 bits per heavy atom. The first-order chi connectivity index (χ1) is 8.58. The van der Waals surface area contributed by atoms with Crippen LogP contribution in [0.2, 0.25) is 0 Å². The van der Waals surface area contributed by atoms with E-state index in [-0.39, 0.29) is 17.1 Å². The number of carboxylic acids is 1. The molecule has 0 fully saturated rings. The molecule has 7 heteroatoms. The highest BCUT2D eigenvalue weighted by atomic mass is 16.4. The van der Waals surface area contributed by atoms with Gasteiger partial charge >= 0.3 is 5.97 Å². The smallest absolute Gasteiger partial charge is 0.335 e. The van der Waals surface area contributed by atoms with E-state index in [0.717, 1.165) is 0 Å². The van der Waals surface area contributed by atoms with Crippen molar-refractivity contribution in [1.29, 1.82) is 0 Å². The van der Waals surface area contributed by atoms with Gasteiger partial charge in [0.05, 0.1) is 11.9 Å². The molecular formula is C11H10N4O3. The van der Waals surface area contributed by atoms with Crippen LogP contribution in [0.3, 0.4) is 0 Å². The average molecular weight is 246 g/mol. The molecule has 0 atom stereocenters. The second kappa shape index (κ2) is 4.58. The molecule has 92 valence electrons. The molecule has 7 nitrogen and oxygen atoms in total. The minimum Gasteiger partial charge on any atom is -0.478 e. The number of nitrogen functional groups attached to an aromatic ring is 1. The lowest BCUT2D eigenvalue weighted by Crippen LogP contribution is -2.14. The number of aromatic carboxylic acids is 1. The number of rotatable bonds is 3. The number of hydrogen-bond acceptors (Lipinski definition) is 5. The van der Waals surface area contributed by atoms with Crippen LogP contribution in [0.25, 0.3) is 0 Å². The zero-order valence-electron chi connectivity index (χ0n) is 9.18. The Balaban J connectivity index is 2.34. The van der Waals surface area contributed by atoms with Crippen LogP contribution < -0.4 is 16.6 Å². The summed E-state index contributed by atoms with van der Waals surface area (Å²) in [6.45, 7) is 0. The molecule has 1 heterocycles. The highest BCUT2D eigenvalue weighted by Crippen LogP contribution is 2.18. The fourth-order valence-electron chi connectivity index (χ4n) is 1.38. The van der Waals surface area contributed by atoms with Gasteiger partial charge in [0, 0.05) is 5.69 Å². The van der Waals surface area contributed by atoms with Crippen LogP contribution in [0.15, 0.2) is 35.4 Å². The molecule has 5 N–H and O–H groups in total. The van der Waals surface area contributed by atoms with Crippen LogP contribution in [0.4, 0.5) is 17.2 Å². The van der Waals surface area contributed by atoms with Crippen LogP contribution in [0, 0.1) is 0 Å². The number of nitrogens with zero attached hydrogens (tertiary/aromatic N) is 1. The monoisotopic (exact) mass is 246 g/mol. The van der Waals surface area contributed by atoms with Gasteiger partial charge in [-0.2, -0.15) is 0 Å². The number of carboxylic acid groups (broad SMARTS) is 1. The summed E-state index contributed by atoms with van der Waals surface area (Å²) in [6.07, 6.45) is 1.21. The zero-order chi connectivity index (χ0) is 13.1. The standard InChI is InChI=1S/C11H10N4O3/c12-8-9(13-5-14-10(8)16)15-7-3-1-2-6(4-7)11(17)18/h1-5H,12H2,(H,17,18)(H2,13,14,15,16). The second-order valence-corrected chi connectivity index (χ2v) is 3.50. The Bertz CT molecular complexity index is 651. The van der Waals surface area contributed by atoms with Gasteiger partial charge in [-0.05, 0) is 18.2 Å². The van der Waals surface area contributed by atoms with Crippen molar-refractivity contribution in [2.45, 2.75) is 0 Å². The molecule has 0 aliphatic heterocycles. The van der Waals surface area contributed by atoms with E-state index in [0.29, 0.717) is 5.69 Å². The molecule has 18 heavy (non-hydrogen) atoms. The normalized spacial score (nSPS) is 10.0. The lowest BCUT2D eigenvalue weighted by molar-refractivity contribution is 0.0697. The molecule has 0 aliphatic rings. The SMILES string of the molecule is Nc1c(Nc2cccc(C(=O)O)c2)nc[nH]c1=O. The van der Waals surface area contributed by atoms with Gasteiger partial charge in [-0.3, -0.25) is 4.79 Å². The summed E-state index contributed by atoms with van der Waals surface area (Å²) in [5.74, 6) is -0.855. The van der Waals surface area contributed by atoms with Gasteiger partial charge in [-0.25, -0.2) is 9.78 Å². The predicted molar refractivity (Wildman–Crippen MR) is 66.0 cm³/mol. The summed E-state index contributed by atoms with van der Waals surface area (Å²) >= 11 is 0. The Kier molecular flexibility index (Phi) is 2.96. The maximum Gasteiger partial charge on any atom is 0.335 e. The van der Waals surface area contributed by atoms with E-state index in [4.69, 9.17) is 10.8 Å². The predicted octanol–water partition coefficient (Wildman–Crippen LogP) is 0.794. The van der Waals surface area contributed by atoms with E-state index in [1.54, 1.807) is 12.1 Å². The summed E-state index contributed by atoms with van der Waals surface area (Å²) in [7, 11) is 0. The van der Waals surface area contributed by atoms with Crippen molar-refractivity contribution < 1.29 is 9.90 Å². The van der Waals surface area contributed by atoms with Crippen molar-refractivity contribution in [2.75, 3.05) is 11.1 Å². The van der Waals surface area contributed by atoms with Crippen molar-refractivity contribution >= 4 is 23.2 Å². The van der Waals surface area contributed by atoms with Gasteiger partial charge in [0.1, 0.15) is 5.69 Å². The van der Waals surface area contributed by atoms with Gasteiger partial charge in [-0.1, -0.05) is 6.07 Å². The maximum atomic E-state index is 11.3. The van der Waals surface area contributed by atoms with Gasteiger partial charge in [0.25, 0.3) is 5.56 Å². The quantitative estimate of drug-likeness (QED) is 0.635. The number of anilines is 3. The molecule has 2 rings (SSSR count). The third kappa shape index (κ3) is 2.29. The highest BCUT2D eigenvalue weighted by Gasteiger charge is 2.07. The summed E-state index contributed by atoms with van der Waals surface area (Å²) in [5.41, 5.74) is 5.64. The number of hydrogen-bond donors (Lipinski definition) is 4. The first-order valence-electron chi connectivity index (χ1n) is 5.01. The Labute approximate surface area is 101 Å². The lowest BCUT2D eigenvalue weighted by atomic mass is 10.2. The molecule has 0 radical (unpaired) electrons. The number of nitrogens with one attached hydrogen (secondary N) is 2. The second-order valence-electron chi connectivity index (χ2n) is 3.50. The molecule has 2 aromatic rings. The van der Waals surface area contributed by atoms with Crippen molar-refractivity contribution in [3.05, 3.63) is 46.5 Å². The van der Waals surface area contributed by atoms with E-state index in [1.165, 1.54) is 18.5 Å². The Morgan fingerprint density at radius 2 is 2.22 bits per heavy atom. The molecule has 0 saturated carbocycles. The van der Waals surface area contributed by atoms with E-state index < -0.39 is 11.5 Å². The number of carbonyl (C=O) groups is 1. The van der Waals surface area contributed by atoms with Crippen molar-refractivity contribution in [3.8, 4) is 0 Å². The first kappa shape index (κ1) is 11.6. The number of nitrogens with two attached hydrogens (primary N) is 1. The van der Waals surface area contributed by atoms with E-state index in [9.17, 15) is 9.59 Å². The van der Waals surface area contributed by atoms with E-state index in [2.05, 4.69) is 15.3 Å². The summed E-state index contributed by atoms with van der Waals surface area (Å²) < 4.78 is 0. The third-order valence-corrected chi connectivity index (χ3v) is 2.26. The molecule has 1 aromatic carbocycles. The van der Waals surface area contributed by atoms with Crippen LogP contribution in [-0.2, 0) is 0 Å². The molecule has 1 aromatic heterocycles. The van der Waals surface area contributed by atoms with Crippen LogP contribution >= 0.6 is 0 Å². The highest BCUT2D eigenvalue weighted by molar-refractivity contribution is 5.89. The fraction of sp³-hybridized carbons (Fsp3) is 0. The Morgan fingerprint density at radius 1 is 1.44 bits per heavy atom. The van der Waals surface area contributed by atoms with Crippen LogP contribution in [-0.4, -0.2) is 21.0 Å². The van der Waals surface area contributed by atoms with Gasteiger partial charge < -0.3 is 21.1 Å². The van der Waals surface area contributed by atoms with Gasteiger partial charge in [0.15, 0.2) is 5.82 Å².